The Labute approximate surface area is 137 Å². The number of hydrogen-bond acceptors (Lipinski definition) is 4. The molecule has 0 unspecified atom stereocenters. The maximum atomic E-state index is 10.1. The van der Waals surface area contributed by atoms with E-state index < -0.39 is 0 Å². The average Bonchev–Trinajstić information content (AvgIpc) is 2.95. The smallest absolute Gasteiger partial charge is 0.123 e. The molecule has 22 heavy (non-hydrogen) atoms. The fraction of sp³-hybridized carbons (Fsp3) is 0.111. The molecular weight excluding hydrogens is 312 g/mol. The van der Waals surface area contributed by atoms with Crippen LogP contribution in [0.15, 0.2) is 57.6 Å². The Bertz CT molecular complexity index is 839. The second-order valence-electron chi connectivity index (χ2n) is 5.34. The first kappa shape index (κ1) is 13.7. The van der Waals surface area contributed by atoms with Gasteiger partial charge in [0.05, 0.1) is 0 Å². The summed E-state index contributed by atoms with van der Waals surface area (Å²) in [4.78, 5) is 3.42. The molecule has 0 aliphatic carbocycles. The Morgan fingerprint density at radius 3 is 2.64 bits per heavy atom. The van der Waals surface area contributed by atoms with Crippen molar-refractivity contribution in [2.24, 2.45) is 0 Å². The summed E-state index contributed by atoms with van der Waals surface area (Å²) in [5, 5.41) is 21.9. The van der Waals surface area contributed by atoms with Crippen molar-refractivity contribution in [3.8, 4) is 21.9 Å². The highest BCUT2D eigenvalue weighted by Gasteiger charge is 2.18. The number of thiophene rings is 1. The Kier molecular flexibility index (Phi) is 3.36. The molecule has 0 saturated heterocycles. The van der Waals surface area contributed by atoms with Gasteiger partial charge in [-0.3, -0.25) is 0 Å². The van der Waals surface area contributed by atoms with Crippen LogP contribution < -0.4 is 0 Å². The monoisotopic (exact) mass is 326 g/mol. The molecule has 0 bridgehead atoms. The zero-order valence-electron chi connectivity index (χ0n) is 11.7. The molecule has 0 fully saturated rings. The molecule has 1 aliphatic heterocycles. The van der Waals surface area contributed by atoms with Crippen molar-refractivity contribution < 1.29 is 10.2 Å². The first-order valence-electron chi connectivity index (χ1n) is 7.10. The first-order chi connectivity index (χ1) is 10.7. The third-order valence-electron chi connectivity index (χ3n) is 3.90. The van der Waals surface area contributed by atoms with E-state index >= 15 is 0 Å². The normalized spacial score (nSPS) is 13.3. The molecule has 4 rings (SSSR count). The maximum absolute atomic E-state index is 10.1. The molecule has 0 saturated carbocycles. The topological polar surface area (TPSA) is 40.5 Å². The predicted octanol–water partition coefficient (Wildman–Crippen LogP) is 5.08. The standard InChI is InChI=1S/C18H14O2S2/c19-13-9-15(20)14-5-3-12-8-11(16-2-1-7-21-16)4-6-17(12)22-18(14)10-13/h1-2,4,6-10,19-20H,3,5H2. The van der Waals surface area contributed by atoms with Gasteiger partial charge in [0.1, 0.15) is 11.5 Å². The van der Waals surface area contributed by atoms with Gasteiger partial charge < -0.3 is 10.2 Å². The lowest BCUT2D eigenvalue weighted by Crippen LogP contribution is -1.92. The van der Waals surface area contributed by atoms with Crippen molar-refractivity contribution in [3.63, 3.8) is 0 Å². The van der Waals surface area contributed by atoms with Crippen molar-refractivity contribution in [1.82, 2.24) is 0 Å². The summed E-state index contributed by atoms with van der Waals surface area (Å²) < 4.78 is 0. The lowest BCUT2D eigenvalue weighted by molar-refractivity contribution is 0.442. The molecule has 0 spiro atoms. The van der Waals surface area contributed by atoms with Gasteiger partial charge in [-0.2, -0.15) is 0 Å². The van der Waals surface area contributed by atoms with Crippen LogP contribution in [-0.2, 0) is 12.8 Å². The van der Waals surface area contributed by atoms with Gasteiger partial charge >= 0.3 is 0 Å². The summed E-state index contributed by atoms with van der Waals surface area (Å²) in [5.74, 6) is 0.302. The van der Waals surface area contributed by atoms with Crippen LogP contribution in [0.5, 0.6) is 11.5 Å². The minimum Gasteiger partial charge on any atom is -0.508 e. The quantitative estimate of drug-likeness (QED) is 0.655. The number of phenolic OH excluding ortho intramolecular Hbond substituents is 2. The van der Waals surface area contributed by atoms with Gasteiger partial charge in [0, 0.05) is 26.3 Å². The van der Waals surface area contributed by atoms with Crippen molar-refractivity contribution in [3.05, 3.63) is 59.0 Å². The van der Waals surface area contributed by atoms with E-state index in [0.717, 1.165) is 23.3 Å². The summed E-state index contributed by atoms with van der Waals surface area (Å²) >= 11 is 3.36. The van der Waals surface area contributed by atoms with Gasteiger partial charge in [-0.1, -0.05) is 23.9 Å². The van der Waals surface area contributed by atoms with Crippen molar-refractivity contribution in [2.45, 2.75) is 22.6 Å². The molecule has 1 aromatic heterocycles. The lowest BCUT2D eigenvalue weighted by atomic mass is 10.0. The van der Waals surface area contributed by atoms with Gasteiger partial charge in [0.2, 0.25) is 0 Å². The fourth-order valence-electron chi connectivity index (χ4n) is 2.81. The minimum atomic E-state index is 0.113. The van der Waals surface area contributed by atoms with Crippen LogP contribution in [0.1, 0.15) is 11.1 Å². The summed E-state index contributed by atoms with van der Waals surface area (Å²) in [5.41, 5.74) is 3.47. The highest BCUT2D eigenvalue weighted by Crippen LogP contribution is 2.43. The molecule has 2 N–H and O–H groups in total. The second-order valence-corrected chi connectivity index (χ2v) is 7.37. The molecule has 1 aliphatic rings. The van der Waals surface area contributed by atoms with Crippen LogP contribution in [0, 0.1) is 0 Å². The van der Waals surface area contributed by atoms with Crippen LogP contribution in [-0.4, -0.2) is 10.2 Å². The number of phenols is 2. The number of hydrogen-bond donors (Lipinski definition) is 2. The van der Waals surface area contributed by atoms with E-state index in [1.165, 1.54) is 27.0 Å². The number of benzene rings is 2. The van der Waals surface area contributed by atoms with Gasteiger partial charge in [0.25, 0.3) is 0 Å². The Morgan fingerprint density at radius 1 is 0.909 bits per heavy atom. The predicted molar refractivity (Wildman–Crippen MR) is 91.1 cm³/mol. The second kappa shape index (κ2) is 5.38. The van der Waals surface area contributed by atoms with E-state index in [0.29, 0.717) is 0 Å². The van der Waals surface area contributed by atoms with E-state index in [-0.39, 0.29) is 11.5 Å². The van der Waals surface area contributed by atoms with Crippen molar-refractivity contribution >= 4 is 23.1 Å². The van der Waals surface area contributed by atoms with Crippen LogP contribution in [0.2, 0.25) is 0 Å². The van der Waals surface area contributed by atoms with Gasteiger partial charge in [-0.15, -0.1) is 11.3 Å². The molecule has 2 aromatic carbocycles. The van der Waals surface area contributed by atoms with E-state index in [1.807, 2.05) is 0 Å². The van der Waals surface area contributed by atoms with Crippen molar-refractivity contribution in [2.75, 3.05) is 0 Å². The number of rotatable bonds is 1. The third-order valence-corrected chi connectivity index (χ3v) is 6.02. The Balaban J connectivity index is 1.77. The molecule has 110 valence electrons. The minimum absolute atomic E-state index is 0.113. The molecule has 4 heteroatoms. The summed E-state index contributed by atoms with van der Waals surface area (Å²) in [7, 11) is 0. The molecule has 3 aromatic rings. The largest absolute Gasteiger partial charge is 0.508 e. The molecule has 0 amide bonds. The van der Waals surface area contributed by atoms with Crippen LogP contribution >= 0.6 is 23.1 Å². The molecular formula is C18H14O2S2. The maximum Gasteiger partial charge on any atom is 0.123 e. The van der Waals surface area contributed by atoms with E-state index in [2.05, 4.69) is 35.7 Å². The number of aryl methyl sites for hydroxylation is 1. The highest BCUT2D eigenvalue weighted by atomic mass is 32.2. The number of fused-ring (bicyclic) bond motifs is 2. The zero-order chi connectivity index (χ0) is 15.1. The summed E-state index contributed by atoms with van der Waals surface area (Å²) in [6.45, 7) is 0. The zero-order valence-corrected chi connectivity index (χ0v) is 13.4. The number of aromatic hydroxyl groups is 2. The van der Waals surface area contributed by atoms with Crippen LogP contribution in [0.4, 0.5) is 0 Å². The first-order valence-corrected chi connectivity index (χ1v) is 8.80. The lowest BCUT2D eigenvalue weighted by Gasteiger charge is -2.08. The van der Waals surface area contributed by atoms with E-state index in [4.69, 9.17) is 0 Å². The SMILES string of the molecule is Oc1cc(O)c2c(c1)Sc1ccc(-c3cccs3)cc1CC2. The molecule has 0 atom stereocenters. The summed E-state index contributed by atoms with van der Waals surface area (Å²) in [6.07, 6.45) is 1.68. The third kappa shape index (κ3) is 2.38. The van der Waals surface area contributed by atoms with Gasteiger partial charge in [0.15, 0.2) is 0 Å². The van der Waals surface area contributed by atoms with E-state index in [9.17, 15) is 10.2 Å². The van der Waals surface area contributed by atoms with Gasteiger partial charge in [-0.25, -0.2) is 0 Å². The molecule has 2 heterocycles. The Hall–Kier alpha value is -1.91. The molecule has 2 nitrogen and oxygen atoms in total. The van der Waals surface area contributed by atoms with Crippen LogP contribution in [0.3, 0.4) is 0 Å². The van der Waals surface area contributed by atoms with E-state index in [1.54, 1.807) is 29.2 Å². The summed E-state index contributed by atoms with van der Waals surface area (Å²) in [6, 6.07) is 13.9. The molecule has 0 radical (unpaired) electrons. The van der Waals surface area contributed by atoms with Crippen molar-refractivity contribution in [1.29, 1.82) is 0 Å². The highest BCUT2D eigenvalue weighted by molar-refractivity contribution is 7.99. The average molecular weight is 326 g/mol. The Morgan fingerprint density at radius 2 is 1.82 bits per heavy atom. The van der Waals surface area contributed by atoms with Crippen LogP contribution in [0.25, 0.3) is 10.4 Å². The fourth-order valence-corrected chi connectivity index (χ4v) is 4.71. The van der Waals surface area contributed by atoms with Gasteiger partial charge in [-0.05, 0) is 53.6 Å².